The molecule has 0 saturated heterocycles. The van der Waals surface area contributed by atoms with Crippen LogP contribution in [0.1, 0.15) is 67.2 Å². The maximum atomic E-state index is 13.0. The number of ether oxygens (including phenoxy) is 1. The Hall–Kier alpha value is -2.56. The fraction of sp³-hybridized carbons (Fsp3) is 0.483. The molecule has 0 spiro atoms. The van der Waals surface area contributed by atoms with Gasteiger partial charge in [0, 0.05) is 11.1 Å². The summed E-state index contributed by atoms with van der Waals surface area (Å²) < 4.78 is 44.9. The zero-order valence-corrected chi connectivity index (χ0v) is 19.5. The van der Waals surface area contributed by atoms with Crippen LogP contribution in [0, 0.1) is 17.8 Å². The minimum absolute atomic E-state index is 0.257. The van der Waals surface area contributed by atoms with E-state index in [1.165, 1.54) is 50.2 Å². The zero-order chi connectivity index (χ0) is 23.9. The molecule has 2 aromatic rings. The van der Waals surface area contributed by atoms with Crippen LogP contribution in [0.15, 0.2) is 48.5 Å². The van der Waals surface area contributed by atoms with Crippen LogP contribution < -0.4 is 4.74 Å². The molecule has 0 unspecified atom stereocenters. The van der Waals surface area contributed by atoms with Crippen molar-refractivity contribution in [3.8, 4) is 5.75 Å². The normalized spacial score (nSPS) is 28.2. The molecule has 4 fully saturated rings. The molecule has 2 nitrogen and oxygen atoms in total. The monoisotopic (exact) mass is 468 g/mol. The van der Waals surface area contributed by atoms with Crippen LogP contribution in [0.5, 0.6) is 5.75 Å². The van der Waals surface area contributed by atoms with Crippen molar-refractivity contribution in [1.82, 2.24) is 0 Å². The number of hydrogen-bond acceptors (Lipinski definition) is 2. The first kappa shape index (κ1) is 23.2. The van der Waals surface area contributed by atoms with Crippen LogP contribution in [0.25, 0.3) is 5.57 Å². The summed E-state index contributed by atoms with van der Waals surface area (Å²) in [6, 6.07) is 11.5. The first-order chi connectivity index (χ1) is 16.3. The second kappa shape index (κ2) is 8.90. The molecular formula is C29H31F3O2. The summed E-state index contributed by atoms with van der Waals surface area (Å²) in [4.78, 5) is 11.6. The number of benzene rings is 2. The minimum Gasteiger partial charge on any atom is -0.496 e. The van der Waals surface area contributed by atoms with E-state index in [-0.39, 0.29) is 11.0 Å². The van der Waals surface area contributed by atoms with E-state index in [9.17, 15) is 18.0 Å². The molecule has 0 N–H and O–H groups in total. The summed E-state index contributed by atoms with van der Waals surface area (Å²) >= 11 is 0. The average molecular weight is 469 g/mol. The molecule has 5 heteroatoms. The molecule has 2 aromatic carbocycles. The first-order valence-corrected chi connectivity index (χ1v) is 12.3. The lowest BCUT2D eigenvalue weighted by Crippen LogP contribution is -2.48. The Balaban J connectivity index is 1.32. The van der Waals surface area contributed by atoms with Crippen LogP contribution in [0.2, 0.25) is 0 Å². The van der Waals surface area contributed by atoms with Gasteiger partial charge in [0.25, 0.3) is 0 Å². The van der Waals surface area contributed by atoms with Crippen molar-refractivity contribution in [2.24, 2.45) is 17.8 Å². The Morgan fingerprint density at radius 2 is 1.71 bits per heavy atom. The average Bonchev–Trinajstić information content (AvgIpc) is 2.80. The predicted octanol–water partition coefficient (Wildman–Crippen LogP) is 7.40. The topological polar surface area (TPSA) is 26.3 Å². The van der Waals surface area contributed by atoms with Crippen molar-refractivity contribution in [3.05, 3.63) is 70.8 Å². The minimum atomic E-state index is -4.43. The van der Waals surface area contributed by atoms with Gasteiger partial charge in [-0.1, -0.05) is 30.3 Å². The maximum Gasteiger partial charge on any atom is 0.416 e. The highest BCUT2D eigenvalue weighted by molar-refractivity contribution is 6.06. The molecule has 0 aromatic heterocycles. The van der Waals surface area contributed by atoms with Gasteiger partial charge in [-0.3, -0.25) is 4.79 Å². The van der Waals surface area contributed by atoms with Crippen LogP contribution in [-0.2, 0) is 22.8 Å². The quantitative estimate of drug-likeness (QED) is 0.313. The number of aldehydes is 1. The number of rotatable bonds is 7. The van der Waals surface area contributed by atoms with Gasteiger partial charge in [0.05, 0.1) is 12.7 Å². The number of alkyl halides is 3. The molecule has 180 valence electrons. The summed E-state index contributed by atoms with van der Waals surface area (Å²) in [5, 5.41) is 0. The lowest BCUT2D eigenvalue weighted by atomic mass is 9.48. The van der Waals surface area contributed by atoms with Crippen molar-refractivity contribution < 1.29 is 22.7 Å². The number of allylic oxidation sites excluding steroid dienone is 2. The van der Waals surface area contributed by atoms with Crippen molar-refractivity contribution >= 4 is 11.9 Å². The number of hydrogen-bond donors (Lipinski definition) is 0. The standard InChI is InChI=1S/C29H31F3O2/c1-34-27-13-19(4-2-6-24(18-33)23-5-3-7-25(14-23)29(30,31)32)8-9-26(27)28-15-20-10-21(16-28)12-22(11-20)17-28/h3,5-9,13-14,18,20-22H,2,4,10-12,15-17H2,1H3. The Kier molecular flexibility index (Phi) is 6.07. The van der Waals surface area contributed by atoms with Crippen LogP contribution in [-0.4, -0.2) is 13.4 Å². The predicted molar refractivity (Wildman–Crippen MR) is 127 cm³/mol. The zero-order valence-electron chi connectivity index (χ0n) is 19.5. The molecule has 34 heavy (non-hydrogen) atoms. The number of aryl methyl sites for hydroxylation is 1. The van der Waals surface area contributed by atoms with Gasteiger partial charge in [0.1, 0.15) is 12.0 Å². The van der Waals surface area contributed by atoms with Crippen molar-refractivity contribution in [3.63, 3.8) is 0 Å². The van der Waals surface area contributed by atoms with E-state index in [2.05, 4.69) is 18.2 Å². The van der Waals surface area contributed by atoms with Gasteiger partial charge < -0.3 is 4.74 Å². The van der Waals surface area contributed by atoms with E-state index in [1.807, 2.05) is 0 Å². The molecule has 0 amide bonds. The SMILES string of the molecule is COc1cc(CCC=C(C=O)c2cccc(C(F)(F)F)c2)ccc1C12CC3CC(CC(C3)C1)C2. The lowest BCUT2D eigenvalue weighted by Gasteiger charge is -2.57. The smallest absolute Gasteiger partial charge is 0.416 e. The fourth-order valence-electron chi connectivity index (χ4n) is 7.27. The molecule has 0 heterocycles. The number of methoxy groups -OCH3 is 1. The molecule has 0 aliphatic heterocycles. The number of carbonyl (C=O) groups excluding carboxylic acids is 1. The lowest BCUT2D eigenvalue weighted by molar-refractivity contribution is -0.137. The molecule has 0 atom stereocenters. The van der Waals surface area contributed by atoms with E-state index in [1.54, 1.807) is 19.3 Å². The van der Waals surface area contributed by atoms with Gasteiger partial charge in [0.15, 0.2) is 0 Å². The van der Waals surface area contributed by atoms with E-state index < -0.39 is 11.7 Å². The summed E-state index contributed by atoms with van der Waals surface area (Å²) in [6.45, 7) is 0. The van der Waals surface area contributed by atoms with Gasteiger partial charge in [-0.25, -0.2) is 0 Å². The van der Waals surface area contributed by atoms with Gasteiger partial charge in [-0.05, 0) is 104 Å². The third-order valence-electron chi connectivity index (χ3n) is 8.32. The second-order valence-electron chi connectivity index (χ2n) is 10.6. The van der Waals surface area contributed by atoms with E-state index >= 15 is 0 Å². The second-order valence-corrected chi connectivity index (χ2v) is 10.6. The van der Waals surface area contributed by atoms with E-state index in [0.29, 0.717) is 24.7 Å². The molecule has 0 radical (unpaired) electrons. The molecule has 4 aliphatic rings. The molecule has 4 bridgehead atoms. The summed E-state index contributed by atoms with van der Waals surface area (Å²) in [6.07, 6.45) is 7.20. The Morgan fingerprint density at radius 3 is 2.29 bits per heavy atom. The maximum absolute atomic E-state index is 13.0. The third kappa shape index (κ3) is 4.42. The largest absolute Gasteiger partial charge is 0.496 e. The third-order valence-corrected chi connectivity index (χ3v) is 8.32. The van der Waals surface area contributed by atoms with E-state index in [0.717, 1.165) is 41.2 Å². The van der Waals surface area contributed by atoms with Crippen molar-refractivity contribution in [2.75, 3.05) is 7.11 Å². The molecule has 4 aliphatic carbocycles. The highest BCUT2D eigenvalue weighted by atomic mass is 19.4. The van der Waals surface area contributed by atoms with Gasteiger partial charge in [0.2, 0.25) is 0 Å². The Labute approximate surface area is 199 Å². The Morgan fingerprint density at radius 1 is 1.03 bits per heavy atom. The van der Waals surface area contributed by atoms with E-state index in [4.69, 9.17) is 4.74 Å². The Bertz CT molecular complexity index is 1060. The van der Waals surface area contributed by atoms with Crippen LogP contribution in [0.3, 0.4) is 0 Å². The number of carbonyl (C=O) groups is 1. The summed E-state index contributed by atoms with van der Waals surface area (Å²) in [7, 11) is 1.74. The molecule has 4 saturated carbocycles. The number of halogens is 3. The molecule has 6 rings (SSSR count). The highest BCUT2D eigenvalue weighted by Gasteiger charge is 2.52. The van der Waals surface area contributed by atoms with Crippen LogP contribution in [0.4, 0.5) is 13.2 Å². The van der Waals surface area contributed by atoms with Crippen molar-refractivity contribution in [2.45, 2.75) is 63.0 Å². The van der Waals surface area contributed by atoms with Crippen molar-refractivity contribution in [1.29, 1.82) is 0 Å². The van der Waals surface area contributed by atoms with Gasteiger partial charge in [-0.15, -0.1) is 0 Å². The highest BCUT2D eigenvalue weighted by Crippen LogP contribution is 2.61. The van der Waals surface area contributed by atoms with Gasteiger partial charge in [-0.2, -0.15) is 13.2 Å². The van der Waals surface area contributed by atoms with Crippen LogP contribution >= 0.6 is 0 Å². The first-order valence-electron chi connectivity index (χ1n) is 12.3. The molecular weight excluding hydrogens is 437 g/mol. The summed E-state index contributed by atoms with van der Waals surface area (Å²) in [5.41, 5.74) is 2.54. The summed E-state index contributed by atoms with van der Waals surface area (Å²) in [5.74, 6) is 3.53. The van der Waals surface area contributed by atoms with Gasteiger partial charge >= 0.3 is 6.18 Å². The fourth-order valence-corrected chi connectivity index (χ4v) is 7.27.